The highest BCUT2D eigenvalue weighted by Crippen LogP contribution is 2.66. The van der Waals surface area contributed by atoms with Crippen LogP contribution in [0.3, 0.4) is 0 Å². The monoisotopic (exact) mass is 535 g/mol. The molecule has 1 aliphatic rings. The zero-order valence-corrected chi connectivity index (χ0v) is 19.4. The van der Waals surface area contributed by atoms with Crippen LogP contribution < -0.4 is 11.4 Å². The quantitative estimate of drug-likeness (QED) is 0.147. The summed E-state index contributed by atoms with van der Waals surface area (Å²) in [4.78, 5) is 51.8. The van der Waals surface area contributed by atoms with Crippen molar-refractivity contribution in [3.63, 3.8) is 0 Å². The number of aromatic nitrogens is 2. The van der Waals surface area contributed by atoms with E-state index in [2.05, 4.69) is 18.1 Å². The highest BCUT2D eigenvalue weighted by atomic mass is 31.3. The second kappa shape index (κ2) is 9.29. The highest BCUT2D eigenvalue weighted by molar-refractivity contribution is 7.66. The van der Waals surface area contributed by atoms with Gasteiger partial charge in [0.25, 0.3) is 0 Å². The van der Waals surface area contributed by atoms with Gasteiger partial charge in [-0.15, -0.1) is 6.42 Å². The van der Waals surface area contributed by atoms with Gasteiger partial charge in [-0.25, -0.2) is 18.5 Å². The van der Waals surface area contributed by atoms with Gasteiger partial charge in [0.1, 0.15) is 18.0 Å². The molecule has 0 radical (unpaired) electrons. The average Bonchev–Trinajstić information content (AvgIpc) is 2.83. The molecule has 17 nitrogen and oxygen atoms in total. The van der Waals surface area contributed by atoms with E-state index in [4.69, 9.17) is 26.7 Å². The second-order valence-electron chi connectivity index (χ2n) is 6.74. The molecular formula is C13H20N3O14P3. The number of phosphoric ester groups is 1. The number of nitrogens with zero attached hydrogens (tertiary/aromatic N) is 2. The number of rotatable bonds is 8. The smallest absolute Gasteiger partial charge is 0.386 e. The van der Waals surface area contributed by atoms with Crippen molar-refractivity contribution in [3.8, 4) is 12.3 Å². The van der Waals surface area contributed by atoms with Crippen molar-refractivity contribution in [2.45, 2.75) is 44.0 Å². The predicted molar refractivity (Wildman–Crippen MR) is 106 cm³/mol. The first-order valence-electron chi connectivity index (χ1n) is 8.53. The van der Waals surface area contributed by atoms with Crippen LogP contribution in [-0.4, -0.2) is 63.3 Å². The van der Waals surface area contributed by atoms with Crippen molar-refractivity contribution in [1.82, 2.24) is 9.55 Å². The molecule has 0 aromatic carbocycles. The van der Waals surface area contributed by atoms with E-state index >= 15 is 0 Å². The van der Waals surface area contributed by atoms with Crippen molar-refractivity contribution in [3.05, 3.63) is 22.2 Å². The van der Waals surface area contributed by atoms with Crippen LogP contribution in [0.4, 0.5) is 5.82 Å². The molecule has 8 N–H and O–H groups in total. The van der Waals surface area contributed by atoms with E-state index in [1.165, 1.54) is 13.0 Å². The van der Waals surface area contributed by atoms with Crippen LogP contribution in [0.25, 0.3) is 0 Å². The van der Waals surface area contributed by atoms with Gasteiger partial charge in [0.2, 0.25) is 0 Å². The zero-order chi connectivity index (χ0) is 25.6. The van der Waals surface area contributed by atoms with Crippen molar-refractivity contribution in [1.29, 1.82) is 0 Å². The molecule has 0 amide bonds. The van der Waals surface area contributed by atoms with Crippen molar-refractivity contribution in [2.24, 2.45) is 0 Å². The fourth-order valence-corrected chi connectivity index (χ4v) is 6.19. The number of anilines is 1. The summed E-state index contributed by atoms with van der Waals surface area (Å²) in [6.45, 7) is 2.37. The summed E-state index contributed by atoms with van der Waals surface area (Å²) >= 11 is 0. The van der Waals surface area contributed by atoms with Gasteiger partial charge in [-0.2, -0.15) is 13.6 Å². The Hall–Kier alpha value is -1.47. The minimum atomic E-state index is -5.80. The minimum Gasteiger partial charge on any atom is -0.386 e. The van der Waals surface area contributed by atoms with Crippen molar-refractivity contribution >= 4 is 29.3 Å². The predicted octanol–water partition coefficient (Wildman–Crippen LogP) is -1.51. The fourth-order valence-electron chi connectivity index (χ4n) is 2.99. The standard InChI is InChI=1S/C13H20N3O14P3/c1-4-13(19)10(17)9(27-11(13)16-6(2)5-8(14)15-12(16)18)7(3)28-32(23,24)30-33(25,26)29-31(20,21)22/h1,5,7,9-11,17,19H,2-3H3,(H,23,24)(H,25,26)(H2,14,15,18)(H2,20,21,22)/t7-,9+,10-,11+,13?/m0/s1. The number of aliphatic hydroxyl groups is 2. The van der Waals surface area contributed by atoms with Crippen LogP contribution in [0, 0.1) is 19.3 Å². The number of terminal acetylenes is 1. The van der Waals surface area contributed by atoms with Gasteiger partial charge in [-0.3, -0.25) is 9.09 Å². The molecule has 2 rings (SSSR count). The lowest BCUT2D eigenvalue weighted by Gasteiger charge is -2.27. The third kappa shape index (κ3) is 6.36. The van der Waals surface area contributed by atoms with Gasteiger partial charge in [-0.05, 0) is 19.9 Å². The van der Waals surface area contributed by atoms with Crippen LogP contribution in [0.5, 0.6) is 0 Å². The van der Waals surface area contributed by atoms with Crippen LogP contribution in [-0.2, 0) is 31.6 Å². The van der Waals surface area contributed by atoms with Crippen molar-refractivity contribution < 1.29 is 61.4 Å². The number of ether oxygens (including phenoxy) is 1. The van der Waals surface area contributed by atoms with Crippen LogP contribution in [0.2, 0.25) is 0 Å². The van der Waals surface area contributed by atoms with Gasteiger partial charge >= 0.3 is 29.2 Å². The Morgan fingerprint density at radius 3 is 2.33 bits per heavy atom. The van der Waals surface area contributed by atoms with Gasteiger partial charge < -0.3 is 40.3 Å². The number of hydrogen-bond donors (Lipinski definition) is 7. The molecule has 1 aromatic heterocycles. The lowest BCUT2D eigenvalue weighted by Crippen LogP contribution is -2.49. The third-order valence-corrected chi connectivity index (χ3v) is 8.16. The van der Waals surface area contributed by atoms with Gasteiger partial charge in [-0.1, -0.05) is 5.92 Å². The SMILES string of the molecule is C#CC1(O)[C@@H](O)[C@@H]([C@H](C)OP(=O)(O)OP(=O)(O)OP(=O)(O)O)O[C@H]1n1c(C)cc(N)nc1=O. The molecule has 2 heterocycles. The van der Waals surface area contributed by atoms with E-state index < -0.39 is 59.3 Å². The summed E-state index contributed by atoms with van der Waals surface area (Å²) in [5, 5.41) is 21.3. The Balaban J connectivity index is 2.32. The fraction of sp³-hybridized carbons (Fsp3) is 0.538. The van der Waals surface area contributed by atoms with Crippen LogP contribution >= 0.6 is 23.5 Å². The molecule has 1 aliphatic heterocycles. The van der Waals surface area contributed by atoms with E-state index in [1.54, 1.807) is 0 Å². The second-order valence-corrected chi connectivity index (χ2v) is 11.1. The van der Waals surface area contributed by atoms with E-state index in [0.29, 0.717) is 0 Å². The summed E-state index contributed by atoms with van der Waals surface area (Å²) in [5.41, 5.74) is 1.98. The lowest BCUT2D eigenvalue weighted by atomic mass is 9.93. The van der Waals surface area contributed by atoms with Crippen LogP contribution in [0.1, 0.15) is 18.8 Å². The molecule has 33 heavy (non-hydrogen) atoms. The Kier molecular flexibility index (Phi) is 7.82. The summed E-state index contributed by atoms with van der Waals surface area (Å²) < 4.78 is 52.1. The topological polar surface area (TPSA) is 270 Å². The molecule has 1 aromatic rings. The molecule has 1 saturated heterocycles. The number of nitrogen functional groups attached to an aromatic ring is 1. The first-order chi connectivity index (χ1) is 14.8. The zero-order valence-electron chi connectivity index (χ0n) is 16.7. The van der Waals surface area contributed by atoms with E-state index in [0.717, 1.165) is 11.5 Å². The Labute approximate surface area is 185 Å². The first kappa shape index (κ1) is 27.8. The van der Waals surface area contributed by atoms with E-state index in [1.807, 2.05) is 5.92 Å². The van der Waals surface area contributed by atoms with Crippen molar-refractivity contribution in [2.75, 3.05) is 5.73 Å². The number of phosphoric acid groups is 3. The Morgan fingerprint density at radius 1 is 1.27 bits per heavy atom. The first-order valence-corrected chi connectivity index (χ1v) is 13.1. The summed E-state index contributed by atoms with van der Waals surface area (Å²) in [5.74, 6) is 1.71. The molecule has 20 heteroatoms. The number of nitrogens with two attached hydrogens (primary N) is 1. The third-order valence-electron chi connectivity index (χ3n) is 4.24. The molecule has 3 unspecified atom stereocenters. The number of hydrogen-bond acceptors (Lipinski definition) is 12. The Morgan fingerprint density at radius 2 is 1.85 bits per heavy atom. The molecular weight excluding hydrogens is 515 g/mol. The molecule has 0 saturated carbocycles. The van der Waals surface area contributed by atoms with E-state index in [-0.39, 0.29) is 11.5 Å². The number of aryl methyl sites for hydroxylation is 1. The highest BCUT2D eigenvalue weighted by Gasteiger charge is 2.58. The largest absolute Gasteiger partial charge is 0.490 e. The van der Waals surface area contributed by atoms with Gasteiger partial charge in [0.05, 0.1) is 6.10 Å². The number of aliphatic hydroxyl groups excluding tert-OH is 1. The maximum atomic E-state index is 12.3. The van der Waals surface area contributed by atoms with Gasteiger partial charge in [0, 0.05) is 5.69 Å². The van der Waals surface area contributed by atoms with E-state index in [9.17, 15) is 38.5 Å². The molecule has 0 bridgehead atoms. The Bertz CT molecular complexity index is 1160. The molecule has 1 fully saturated rings. The lowest BCUT2D eigenvalue weighted by molar-refractivity contribution is -0.0876. The van der Waals surface area contributed by atoms with Gasteiger partial charge in [0.15, 0.2) is 11.8 Å². The van der Waals surface area contributed by atoms with Crippen LogP contribution in [0.15, 0.2) is 10.9 Å². The average molecular weight is 535 g/mol. The molecule has 0 spiro atoms. The maximum Gasteiger partial charge on any atom is 0.490 e. The summed E-state index contributed by atoms with van der Waals surface area (Å²) in [7, 11) is -17.0. The minimum absolute atomic E-state index is 0.111. The summed E-state index contributed by atoms with van der Waals surface area (Å²) in [6, 6.07) is 1.23. The molecule has 7 atom stereocenters. The normalized spacial score (nSPS) is 30.2. The maximum absolute atomic E-state index is 12.3. The molecule has 0 aliphatic carbocycles. The molecule has 186 valence electrons. The summed E-state index contributed by atoms with van der Waals surface area (Å²) in [6.07, 6.45) is -2.01.